The molecule has 0 atom stereocenters. The SMILES string of the molecule is COCCNCCn1cc(-c2cc3nccc(Oc4ccc(NC(=O)C5(C(=O)Nc6ccc(F)cc6)CC5)cc4F)c3s2)cn1. The highest BCUT2D eigenvalue weighted by Crippen LogP contribution is 2.48. The third-order valence-electron chi connectivity index (χ3n) is 7.43. The number of methoxy groups -OCH3 is 1. The van der Waals surface area contributed by atoms with Gasteiger partial charge in [0.1, 0.15) is 17.0 Å². The Hall–Kier alpha value is -4.72. The number of aromatic nitrogens is 3. The first-order valence-electron chi connectivity index (χ1n) is 14.3. The third kappa shape index (κ3) is 6.85. The van der Waals surface area contributed by atoms with E-state index in [2.05, 4.69) is 26.0 Å². The molecule has 1 aliphatic rings. The molecule has 13 heteroatoms. The van der Waals surface area contributed by atoms with Gasteiger partial charge < -0.3 is 25.4 Å². The summed E-state index contributed by atoms with van der Waals surface area (Å²) in [6.07, 6.45) is 6.06. The van der Waals surface area contributed by atoms with Crippen molar-refractivity contribution in [1.29, 1.82) is 0 Å². The summed E-state index contributed by atoms with van der Waals surface area (Å²) in [6, 6.07) is 13.0. The van der Waals surface area contributed by atoms with Crippen molar-refractivity contribution in [2.75, 3.05) is 37.4 Å². The van der Waals surface area contributed by atoms with E-state index < -0.39 is 28.9 Å². The van der Waals surface area contributed by atoms with Gasteiger partial charge in [-0.25, -0.2) is 8.78 Å². The number of carbonyl (C=O) groups excluding carboxylic acids is 2. The first kappa shape index (κ1) is 30.3. The van der Waals surface area contributed by atoms with Gasteiger partial charge in [-0.3, -0.25) is 19.3 Å². The minimum Gasteiger partial charge on any atom is -0.453 e. The van der Waals surface area contributed by atoms with E-state index in [1.54, 1.807) is 25.6 Å². The number of hydrogen-bond acceptors (Lipinski definition) is 8. The molecule has 5 aromatic rings. The number of halogens is 2. The second kappa shape index (κ2) is 13.1. The monoisotopic (exact) mass is 632 g/mol. The van der Waals surface area contributed by atoms with Crippen LogP contribution in [0.25, 0.3) is 20.7 Å². The molecule has 232 valence electrons. The van der Waals surface area contributed by atoms with Crippen molar-refractivity contribution >= 4 is 44.7 Å². The van der Waals surface area contributed by atoms with Gasteiger partial charge in [-0.15, -0.1) is 11.3 Å². The molecule has 1 saturated carbocycles. The summed E-state index contributed by atoms with van der Waals surface area (Å²) in [5.74, 6) is -1.74. The molecule has 2 aromatic carbocycles. The molecule has 0 radical (unpaired) electrons. The van der Waals surface area contributed by atoms with Crippen LogP contribution in [0.15, 0.2) is 73.2 Å². The lowest BCUT2D eigenvalue weighted by Crippen LogP contribution is -2.35. The Bertz CT molecular complexity index is 1840. The summed E-state index contributed by atoms with van der Waals surface area (Å²) in [5.41, 5.74) is 0.950. The molecule has 1 aliphatic carbocycles. The molecule has 45 heavy (non-hydrogen) atoms. The highest BCUT2D eigenvalue weighted by atomic mass is 32.1. The average molecular weight is 633 g/mol. The number of rotatable bonds is 13. The molecule has 0 unspecified atom stereocenters. The number of amides is 2. The van der Waals surface area contributed by atoms with Gasteiger partial charge in [0.2, 0.25) is 11.8 Å². The van der Waals surface area contributed by atoms with Gasteiger partial charge in [0, 0.05) is 66.5 Å². The predicted octanol–water partition coefficient (Wildman–Crippen LogP) is 5.82. The number of hydrogen-bond donors (Lipinski definition) is 3. The number of benzene rings is 2. The molecule has 6 rings (SSSR count). The van der Waals surface area contributed by atoms with Crippen molar-refractivity contribution in [3.8, 4) is 21.9 Å². The summed E-state index contributed by atoms with van der Waals surface area (Å²) >= 11 is 1.47. The Morgan fingerprint density at radius 2 is 1.73 bits per heavy atom. The molecular formula is C32H30F2N6O4S. The molecule has 10 nitrogen and oxygen atoms in total. The number of pyridine rings is 1. The zero-order chi connectivity index (χ0) is 31.4. The summed E-state index contributed by atoms with van der Waals surface area (Å²) < 4.78 is 42.0. The van der Waals surface area contributed by atoms with Crippen LogP contribution in [-0.4, -0.2) is 53.4 Å². The number of anilines is 2. The van der Waals surface area contributed by atoms with E-state index in [0.717, 1.165) is 34.3 Å². The number of thiophene rings is 1. The summed E-state index contributed by atoms with van der Waals surface area (Å²) in [6.45, 7) is 2.89. The fourth-order valence-corrected chi connectivity index (χ4v) is 5.78. The van der Waals surface area contributed by atoms with Gasteiger partial charge in [-0.05, 0) is 55.3 Å². The lowest BCUT2D eigenvalue weighted by atomic mass is 10.0. The van der Waals surface area contributed by atoms with Crippen molar-refractivity contribution in [2.45, 2.75) is 19.4 Å². The van der Waals surface area contributed by atoms with Gasteiger partial charge in [-0.1, -0.05) is 0 Å². The molecule has 2 amide bonds. The van der Waals surface area contributed by atoms with Crippen molar-refractivity contribution in [3.63, 3.8) is 0 Å². The summed E-state index contributed by atoms with van der Waals surface area (Å²) in [7, 11) is 1.67. The van der Waals surface area contributed by atoms with Gasteiger partial charge in [-0.2, -0.15) is 5.10 Å². The van der Waals surface area contributed by atoms with Crippen LogP contribution < -0.4 is 20.7 Å². The minimum absolute atomic E-state index is 0.0283. The van der Waals surface area contributed by atoms with Crippen molar-refractivity contribution in [3.05, 3.63) is 84.8 Å². The van der Waals surface area contributed by atoms with E-state index in [1.165, 1.54) is 47.7 Å². The smallest absolute Gasteiger partial charge is 0.240 e. The van der Waals surface area contributed by atoms with E-state index in [4.69, 9.17) is 9.47 Å². The quantitative estimate of drug-likeness (QED) is 0.111. The molecule has 0 saturated heterocycles. The fourth-order valence-electron chi connectivity index (χ4n) is 4.74. The van der Waals surface area contributed by atoms with Crippen molar-refractivity contribution in [1.82, 2.24) is 20.1 Å². The zero-order valence-electron chi connectivity index (χ0n) is 24.3. The maximum atomic E-state index is 15.2. The Kier molecular flexibility index (Phi) is 8.83. The number of carbonyl (C=O) groups is 2. The van der Waals surface area contributed by atoms with E-state index in [0.29, 0.717) is 42.9 Å². The van der Waals surface area contributed by atoms with Crippen molar-refractivity contribution < 1.29 is 27.8 Å². The van der Waals surface area contributed by atoms with Crippen LogP contribution in [0.4, 0.5) is 20.2 Å². The topological polar surface area (TPSA) is 119 Å². The first-order valence-corrected chi connectivity index (χ1v) is 15.1. The molecule has 1 fully saturated rings. The Labute approximate surface area is 261 Å². The van der Waals surface area contributed by atoms with Crippen LogP contribution >= 0.6 is 11.3 Å². The van der Waals surface area contributed by atoms with Gasteiger partial charge in [0.05, 0.1) is 29.6 Å². The highest BCUT2D eigenvalue weighted by Gasteiger charge is 2.56. The number of nitrogens with zero attached hydrogens (tertiary/aromatic N) is 3. The average Bonchev–Trinajstić information content (AvgIpc) is 3.52. The second-order valence-electron chi connectivity index (χ2n) is 10.6. The van der Waals surface area contributed by atoms with E-state index >= 15 is 4.39 Å². The molecule has 3 heterocycles. The number of ether oxygens (including phenoxy) is 2. The number of fused-ring (bicyclic) bond motifs is 1. The van der Waals surface area contributed by atoms with Crippen LogP contribution in [0.5, 0.6) is 11.5 Å². The minimum atomic E-state index is -1.27. The number of nitrogens with one attached hydrogen (secondary N) is 3. The molecule has 0 bridgehead atoms. The van der Waals surface area contributed by atoms with E-state index in [9.17, 15) is 14.0 Å². The molecule has 3 N–H and O–H groups in total. The van der Waals surface area contributed by atoms with Gasteiger partial charge >= 0.3 is 0 Å². The lowest BCUT2D eigenvalue weighted by Gasteiger charge is -2.16. The van der Waals surface area contributed by atoms with Crippen molar-refractivity contribution in [2.24, 2.45) is 5.41 Å². The van der Waals surface area contributed by atoms with Crippen LogP contribution in [0.1, 0.15) is 12.8 Å². The van der Waals surface area contributed by atoms with E-state index in [1.807, 2.05) is 16.9 Å². The fraction of sp³-hybridized carbons (Fsp3) is 0.250. The van der Waals surface area contributed by atoms with Crippen LogP contribution in [0.3, 0.4) is 0 Å². The van der Waals surface area contributed by atoms with E-state index in [-0.39, 0.29) is 11.4 Å². The largest absolute Gasteiger partial charge is 0.453 e. The molecule has 3 aromatic heterocycles. The lowest BCUT2D eigenvalue weighted by molar-refractivity contribution is -0.131. The van der Waals surface area contributed by atoms with Gasteiger partial charge in [0.15, 0.2) is 11.6 Å². The molecule has 0 aliphatic heterocycles. The van der Waals surface area contributed by atoms with Crippen LogP contribution in [0, 0.1) is 17.0 Å². The summed E-state index contributed by atoms with van der Waals surface area (Å²) in [5, 5.41) is 13.0. The normalized spacial score (nSPS) is 13.5. The zero-order valence-corrected chi connectivity index (χ0v) is 25.1. The van der Waals surface area contributed by atoms with Crippen LogP contribution in [0.2, 0.25) is 0 Å². The molecular weight excluding hydrogens is 602 g/mol. The van der Waals surface area contributed by atoms with Gasteiger partial charge in [0.25, 0.3) is 0 Å². The Morgan fingerprint density at radius 1 is 0.978 bits per heavy atom. The Balaban J connectivity index is 1.11. The predicted molar refractivity (Wildman–Crippen MR) is 167 cm³/mol. The van der Waals surface area contributed by atoms with Crippen LogP contribution in [-0.2, 0) is 20.9 Å². The summed E-state index contributed by atoms with van der Waals surface area (Å²) in [4.78, 5) is 31.3. The Morgan fingerprint density at radius 3 is 2.47 bits per heavy atom. The third-order valence-corrected chi connectivity index (χ3v) is 8.61. The standard InChI is InChI=1S/C32H30F2N6O4S/c1-43-15-13-35-12-14-40-19-20(18-37-40)28-17-25-29(45-28)27(8-11-36-25)44-26-7-6-23(16-24(26)34)39-31(42)32(9-10-32)30(41)38-22-4-2-21(33)3-5-22/h2-8,11,16-19,35H,9-10,12-15H2,1H3,(H,38,41)(H,39,42). The first-order chi connectivity index (χ1) is 21.8. The maximum Gasteiger partial charge on any atom is 0.240 e. The maximum absolute atomic E-state index is 15.2. The highest BCUT2D eigenvalue weighted by molar-refractivity contribution is 7.22. The second-order valence-corrected chi connectivity index (χ2v) is 11.7. The molecule has 0 spiro atoms.